The summed E-state index contributed by atoms with van der Waals surface area (Å²) in [6.45, 7) is 1.42. The molecule has 0 bridgehead atoms. The molecule has 0 aromatic heterocycles. The summed E-state index contributed by atoms with van der Waals surface area (Å²) in [4.78, 5) is 11.6. The summed E-state index contributed by atoms with van der Waals surface area (Å²) in [5.74, 6) is 0.562. The molecule has 0 saturated heterocycles. The minimum atomic E-state index is -4.01. The van der Waals surface area contributed by atoms with Crippen LogP contribution in [0.5, 0.6) is 5.75 Å². The average Bonchev–Trinajstić information content (AvgIpc) is 2.55. The molecular formula is C16H15Cl2NO4S. The number of hydrogen-bond donors (Lipinski definition) is 0. The van der Waals surface area contributed by atoms with Crippen molar-refractivity contribution < 1.29 is 17.9 Å². The molecule has 0 aliphatic heterocycles. The van der Waals surface area contributed by atoms with E-state index in [0.29, 0.717) is 16.5 Å². The van der Waals surface area contributed by atoms with E-state index >= 15 is 0 Å². The first-order valence-electron chi connectivity index (χ1n) is 6.91. The van der Waals surface area contributed by atoms with E-state index in [-0.39, 0.29) is 4.90 Å². The normalized spacial score (nSPS) is 12.5. The fourth-order valence-corrected chi connectivity index (χ4v) is 4.01. The number of hydrogen-bond acceptors (Lipinski definition) is 4. The van der Waals surface area contributed by atoms with Crippen LogP contribution in [-0.2, 0) is 14.8 Å². The second kappa shape index (κ2) is 7.42. The van der Waals surface area contributed by atoms with Crippen molar-refractivity contribution in [1.82, 2.24) is 0 Å². The van der Waals surface area contributed by atoms with Crippen LogP contribution in [0.15, 0.2) is 53.4 Å². The number of methoxy groups -OCH3 is 1. The summed E-state index contributed by atoms with van der Waals surface area (Å²) < 4.78 is 32.0. The highest BCUT2D eigenvalue weighted by Gasteiger charge is 2.32. The van der Waals surface area contributed by atoms with Crippen molar-refractivity contribution in [1.29, 1.82) is 0 Å². The van der Waals surface area contributed by atoms with Crippen LogP contribution in [0.3, 0.4) is 0 Å². The van der Waals surface area contributed by atoms with Gasteiger partial charge in [0.2, 0.25) is 5.24 Å². The molecule has 0 amide bonds. The van der Waals surface area contributed by atoms with Gasteiger partial charge in [-0.1, -0.05) is 11.6 Å². The Hall–Kier alpha value is -1.76. The number of sulfonamides is 1. The van der Waals surface area contributed by atoms with Gasteiger partial charge in [-0.3, -0.25) is 9.10 Å². The summed E-state index contributed by atoms with van der Waals surface area (Å²) in [5, 5.41) is -0.380. The molecule has 0 spiro atoms. The molecule has 0 fully saturated rings. The molecule has 8 heteroatoms. The van der Waals surface area contributed by atoms with Crippen LogP contribution in [0.25, 0.3) is 0 Å². The second-order valence-corrected chi connectivity index (χ2v) is 7.56. The Bertz CT molecular complexity index is 820. The number of carbonyl (C=O) groups is 1. The highest BCUT2D eigenvalue weighted by Crippen LogP contribution is 2.29. The number of rotatable bonds is 6. The number of anilines is 1. The van der Waals surface area contributed by atoms with Gasteiger partial charge in [0.15, 0.2) is 0 Å². The fourth-order valence-electron chi connectivity index (χ4n) is 2.11. The lowest BCUT2D eigenvalue weighted by Gasteiger charge is -2.28. The average molecular weight is 388 g/mol. The topological polar surface area (TPSA) is 63.7 Å². The number of carbonyl (C=O) groups excluding carboxylic acids is 1. The van der Waals surface area contributed by atoms with Crippen molar-refractivity contribution in [3.05, 3.63) is 53.6 Å². The third-order valence-electron chi connectivity index (χ3n) is 3.38. The van der Waals surface area contributed by atoms with Crippen molar-refractivity contribution in [2.45, 2.75) is 17.9 Å². The Kier molecular flexibility index (Phi) is 5.74. The van der Waals surface area contributed by atoms with Crippen LogP contribution >= 0.6 is 23.2 Å². The molecule has 1 unspecified atom stereocenters. The maximum atomic E-state index is 13.0. The molecule has 0 saturated carbocycles. The van der Waals surface area contributed by atoms with Gasteiger partial charge < -0.3 is 4.74 Å². The van der Waals surface area contributed by atoms with E-state index in [1.165, 1.54) is 38.3 Å². The monoisotopic (exact) mass is 387 g/mol. The fraction of sp³-hybridized carbons (Fsp3) is 0.188. The lowest BCUT2D eigenvalue weighted by Crippen LogP contribution is -2.42. The van der Waals surface area contributed by atoms with E-state index in [2.05, 4.69) is 0 Å². The van der Waals surface area contributed by atoms with E-state index < -0.39 is 21.3 Å². The standard InChI is InChI=1S/C16H15Cl2NO4S/c1-11(16(18)20)19(13-5-7-14(23-2)8-6-13)24(21,22)15-9-3-12(17)4-10-15/h3-11H,1-2H3. The number of nitrogens with zero attached hydrogens (tertiary/aromatic N) is 1. The minimum Gasteiger partial charge on any atom is -0.497 e. The van der Waals surface area contributed by atoms with Crippen LogP contribution in [0, 0.1) is 0 Å². The maximum Gasteiger partial charge on any atom is 0.265 e. The summed E-state index contributed by atoms with van der Waals surface area (Å²) in [6, 6.07) is 10.9. The molecule has 128 valence electrons. The number of halogens is 2. The van der Waals surface area contributed by atoms with Gasteiger partial charge in [-0.25, -0.2) is 8.42 Å². The first-order chi connectivity index (χ1) is 11.3. The maximum absolute atomic E-state index is 13.0. The first-order valence-corrected chi connectivity index (χ1v) is 9.10. The molecule has 1 atom stereocenters. The largest absolute Gasteiger partial charge is 0.497 e. The lowest BCUT2D eigenvalue weighted by molar-refractivity contribution is -0.112. The van der Waals surface area contributed by atoms with Gasteiger partial charge in [0.1, 0.15) is 11.8 Å². The predicted octanol–water partition coefficient (Wildman–Crippen LogP) is 3.70. The molecule has 0 heterocycles. The number of ether oxygens (including phenoxy) is 1. The molecule has 2 rings (SSSR count). The smallest absolute Gasteiger partial charge is 0.265 e. The van der Waals surface area contributed by atoms with Gasteiger partial charge in [0, 0.05) is 5.02 Å². The Labute approximate surface area is 150 Å². The zero-order chi connectivity index (χ0) is 17.9. The Morgan fingerprint density at radius 1 is 1.08 bits per heavy atom. The summed E-state index contributed by atoms with van der Waals surface area (Å²) >= 11 is 11.4. The third kappa shape index (κ3) is 3.83. The van der Waals surface area contributed by atoms with E-state index in [4.69, 9.17) is 27.9 Å². The van der Waals surface area contributed by atoms with Gasteiger partial charge in [-0.15, -0.1) is 0 Å². The molecule has 5 nitrogen and oxygen atoms in total. The minimum absolute atomic E-state index is 0.00693. The molecule has 0 aliphatic rings. The lowest BCUT2D eigenvalue weighted by atomic mass is 10.2. The predicted molar refractivity (Wildman–Crippen MR) is 94.4 cm³/mol. The van der Waals surface area contributed by atoms with Crippen LogP contribution in [0.2, 0.25) is 5.02 Å². The zero-order valence-corrected chi connectivity index (χ0v) is 15.3. The van der Waals surface area contributed by atoms with Gasteiger partial charge in [0.25, 0.3) is 10.0 Å². The second-order valence-electron chi connectivity index (χ2n) is 4.93. The van der Waals surface area contributed by atoms with Crippen LogP contribution in [0.4, 0.5) is 5.69 Å². The van der Waals surface area contributed by atoms with E-state index in [1.54, 1.807) is 24.3 Å². The Balaban J connectivity index is 2.56. The molecule has 2 aromatic carbocycles. The zero-order valence-electron chi connectivity index (χ0n) is 12.9. The molecular weight excluding hydrogens is 373 g/mol. The van der Waals surface area contributed by atoms with Crippen molar-refractivity contribution in [2.24, 2.45) is 0 Å². The number of benzene rings is 2. The van der Waals surface area contributed by atoms with E-state index in [9.17, 15) is 13.2 Å². The van der Waals surface area contributed by atoms with Crippen molar-refractivity contribution in [3.8, 4) is 5.75 Å². The summed E-state index contributed by atoms with van der Waals surface area (Å²) in [5.41, 5.74) is 0.298. The van der Waals surface area contributed by atoms with Crippen molar-refractivity contribution >= 4 is 44.2 Å². The SMILES string of the molecule is COc1ccc(N(C(C)C(=O)Cl)S(=O)(=O)c2ccc(Cl)cc2)cc1. The Morgan fingerprint density at radius 2 is 1.62 bits per heavy atom. The van der Waals surface area contributed by atoms with Crippen LogP contribution in [0.1, 0.15) is 6.92 Å². The molecule has 0 radical (unpaired) electrons. The van der Waals surface area contributed by atoms with E-state index in [0.717, 1.165) is 4.31 Å². The third-order valence-corrected chi connectivity index (χ3v) is 5.86. The molecule has 0 aliphatic carbocycles. The van der Waals surface area contributed by atoms with Gasteiger partial charge in [-0.2, -0.15) is 0 Å². The summed E-state index contributed by atoms with van der Waals surface area (Å²) in [6.07, 6.45) is 0. The highest BCUT2D eigenvalue weighted by molar-refractivity contribution is 7.93. The van der Waals surface area contributed by atoms with Gasteiger partial charge >= 0.3 is 0 Å². The first kappa shape index (κ1) is 18.6. The van der Waals surface area contributed by atoms with Crippen LogP contribution in [-0.4, -0.2) is 26.8 Å². The Morgan fingerprint density at radius 3 is 2.08 bits per heavy atom. The van der Waals surface area contributed by atoms with Gasteiger partial charge in [0.05, 0.1) is 17.7 Å². The van der Waals surface area contributed by atoms with Crippen LogP contribution < -0.4 is 9.04 Å². The molecule has 24 heavy (non-hydrogen) atoms. The quantitative estimate of drug-likeness (QED) is 0.708. The molecule has 0 N–H and O–H groups in total. The highest BCUT2D eigenvalue weighted by atomic mass is 35.5. The van der Waals surface area contributed by atoms with E-state index in [1.807, 2.05) is 0 Å². The van der Waals surface area contributed by atoms with Crippen molar-refractivity contribution in [2.75, 3.05) is 11.4 Å². The van der Waals surface area contributed by atoms with Gasteiger partial charge in [-0.05, 0) is 67.1 Å². The molecule has 2 aromatic rings. The summed E-state index contributed by atoms with van der Waals surface area (Å²) in [7, 11) is -2.50. The van der Waals surface area contributed by atoms with Crippen molar-refractivity contribution in [3.63, 3.8) is 0 Å².